The van der Waals surface area contributed by atoms with Crippen molar-refractivity contribution in [3.05, 3.63) is 0 Å². The summed E-state index contributed by atoms with van der Waals surface area (Å²) in [5.41, 5.74) is 0.502. The summed E-state index contributed by atoms with van der Waals surface area (Å²) in [4.78, 5) is 0. The van der Waals surface area contributed by atoms with Gasteiger partial charge in [0, 0.05) is 0 Å². The standard InChI is InChI=1S/C13H28/c1-10(2)12(11(3)4)8-9-13(5,6)7/h10-12H,8-9H2,1-7H3. The molecule has 0 aliphatic rings. The molecule has 0 saturated carbocycles. The van der Waals surface area contributed by atoms with Crippen LogP contribution in [-0.4, -0.2) is 0 Å². The summed E-state index contributed by atoms with van der Waals surface area (Å²) >= 11 is 0. The Morgan fingerprint density at radius 1 is 0.846 bits per heavy atom. The van der Waals surface area contributed by atoms with E-state index >= 15 is 0 Å². The molecule has 0 aliphatic carbocycles. The van der Waals surface area contributed by atoms with Crippen LogP contribution in [0.1, 0.15) is 61.3 Å². The molecule has 0 N–H and O–H groups in total. The molecule has 0 aliphatic heterocycles. The molecular weight excluding hydrogens is 156 g/mol. The molecule has 0 heteroatoms. The van der Waals surface area contributed by atoms with Gasteiger partial charge < -0.3 is 0 Å². The lowest BCUT2D eigenvalue weighted by Crippen LogP contribution is -2.18. The first kappa shape index (κ1) is 13.0. The highest BCUT2D eigenvalue weighted by Gasteiger charge is 2.20. The highest BCUT2D eigenvalue weighted by Crippen LogP contribution is 2.30. The van der Waals surface area contributed by atoms with Crippen LogP contribution in [0.2, 0.25) is 0 Å². The molecule has 0 spiro atoms. The molecule has 0 bridgehead atoms. The van der Waals surface area contributed by atoms with E-state index in [0.29, 0.717) is 5.41 Å². The quantitative estimate of drug-likeness (QED) is 0.592. The lowest BCUT2D eigenvalue weighted by atomic mass is 9.78. The molecule has 0 aromatic carbocycles. The van der Waals surface area contributed by atoms with Crippen molar-refractivity contribution < 1.29 is 0 Å². The Hall–Kier alpha value is 0. The van der Waals surface area contributed by atoms with Crippen LogP contribution >= 0.6 is 0 Å². The normalized spacial score (nSPS) is 13.4. The van der Waals surface area contributed by atoms with E-state index in [0.717, 1.165) is 17.8 Å². The largest absolute Gasteiger partial charge is 0.0625 e. The van der Waals surface area contributed by atoms with Crippen molar-refractivity contribution in [3.8, 4) is 0 Å². The summed E-state index contributed by atoms with van der Waals surface area (Å²) in [6.07, 6.45) is 2.74. The second-order valence-corrected chi connectivity index (χ2v) is 6.25. The summed E-state index contributed by atoms with van der Waals surface area (Å²) in [7, 11) is 0. The van der Waals surface area contributed by atoms with Crippen molar-refractivity contribution in [2.75, 3.05) is 0 Å². The highest BCUT2D eigenvalue weighted by molar-refractivity contribution is 4.71. The Balaban J connectivity index is 3.98. The molecule has 0 radical (unpaired) electrons. The van der Waals surface area contributed by atoms with E-state index in [-0.39, 0.29) is 0 Å². The second kappa shape index (κ2) is 5.02. The van der Waals surface area contributed by atoms with E-state index in [1.165, 1.54) is 12.8 Å². The third kappa shape index (κ3) is 6.12. The van der Waals surface area contributed by atoms with Crippen molar-refractivity contribution in [1.29, 1.82) is 0 Å². The van der Waals surface area contributed by atoms with Gasteiger partial charge in [0.2, 0.25) is 0 Å². The third-order valence-electron chi connectivity index (χ3n) is 2.94. The second-order valence-electron chi connectivity index (χ2n) is 6.25. The van der Waals surface area contributed by atoms with Gasteiger partial charge in [0.1, 0.15) is 0 Å². The van der Waals surface area contributed by atoms with Crippen molar-refractivity contribution in [2.24, 2.45) is 23.2 Å². The maximum absolute atomic E-state index is 2.35. The van der Waals surface area contributed by atoms with E-state index in [9.17, 15) is 0 Å². The van der Waals surface area contributed by atoms with Gasteiger partial charge in [-0.15, -0.1) is 0 Å². The average Bonchev–Trinajstić information content (AvgIpc) is 1.82. The Labute approximate surface area is 85.1 Å². The predicted octanol–water partition coefficient (Wildman–Crippen LogP) is 4.74. The zero-order valence-electron chi connectivity index (χ0n) is 10.6. The lowest BCUT2D eigenvalue weighted by molar-refractivity contribution is 0.226. The van der Waals surface area contributed by atoms with E-state index in [1.54, 1.807) is 0 Å². The van der Waals surface area contributed by atoms with Gasteiger partial charge in [0.15, 0.2) is 0 Å². The molecule has 0 aromatic rings. The zero-order valence-corrected chi connectivity index (χ0v) is 10.6. The van der Waals surface area contributed by atoms with Gasteiger partial charge in [-0.25, -0.2) is 0 Å². The van der Waals surface area contributed by atoms with Crippen LogP contribution < -0.4 is 0 Å². The Bertz CT molecular complexity index is 117. The molecule has 0 saturated heterocycles. The van der Waals surface area contributed by atoms with Crippen molar-refractivity contribution in [2.45, 2.75) is 61.3 Å². The fourth-order valence-electron chi connectivity index (χ4n) is 2.04. The van der Waals surface area contributed by atoms with Crippen LogP contribution in [0.25, 0.3) is 0 Å². The van der Waals surface area contributed by atoms with Crippen LogP contribution in [0.5, 0.6) is 0 Å². The Morgan fingerprint density at radius 2 is 1.23 bits per heavy atom. The van der Waals surface area contributed by atoms with E-state index in [4.69, 9.17) is 0 Å². The first-order valence-corrected chi connectivity index (χ1v) is 5.74. The molecule has 0 heterocycles. The molecule has 0 amide bonds. The number of hydrogen-bond acceptors (Lipinski definition) is 0. The molecule has 0 unspecified atom stereocenters. The van der Waals surface area contributed by atoms with Gasteiger partial charge in [-0.05, 0) is 36.0 Å². The number of hydrogen-bond donors (Lipinski definition) is 0. The Morgan fingerprint density at radius 3 is 1.46 bits per heavy atom. The predicted molar refractivity (Wildman–Crippen MR) is 61.9 cm³/mol. The highest BCUT2D eigenvalue weighted by atomic mass is 14.3. The number of rotatable bonds is 4. The van der Waals surface area contributed by atoms with E-state index in [2.05, 4.69) is 48.5 Å². The summed E-state index contributed by atoms with van der Waals surface area (Å²) in [5.74, 6) is 2.57. The zero-order chi connectivity index (χ0) is 10.6. The molecular formula is C13H28. The van der Waals surface area contributed by atoms with E-state index < -0.39 is 0 Å². The topological polar surface area (TPSA) is 0 Å². The van der Waals surface area contributed by atoms with Crippen LogP contribution in [-0.2, 0) is 0 Å². The maximum atomic E-state index is 2.35. The van der Waals surface area contributed by atoms with Crippen molar-refractivity contribution in [3.63, 3.8) is 0 Å². The van der Waals surface area contributed by atoms with Gasteiger partial charge in [0.05, 0.1) is 0 Å². The minimum Gasteiger partial charge on any atom is -0.0625 e. The van der Waals surface area contributed by atoms with Crippen LogP contribution in [0.4, 0.5) is 0 Å². The minimum atomic E-state index is 0.502. The van der Waals surface area contributed by atoms with Crippen LogP contribution in [0.3, 0.4) is 0 Å². The van der Waals surface area contributed by atoms with Gasteiger partial charge in [-0.1, -0.05) is 48.5 Å². The van der Waals surface area contributed by atoms with Crippen molar-refractivity contribution >= 4 is 0 Å². The van der Waals surface area contributed by atoms with Gasteiger partial charge >= 0.3 is 0 Å². The molecule has 13 heavy (non-hydrogen) atoms. The SMILES string of the molecule is CC(C)C(CCC(C)(C)C)C(C)C. The smallest absolute Gasteiger partial charge is 0.0368 e. The molecule has 0 atom stereocenters. The summed E-state index contributed by atoms with van der Waals surface area (Å²) in [5, 5.41) is 0. The third-order valence-corrected chi connectivity index (χ3v) is 2.94. The molecule has 0 fully saturated rings. The Kier molecular flexibility index (Phi) is 5.02. The van der Waals surface area contributed by atoms with Gasteiger partial charge in [0.25, 0.3) is 0 Å². The van der Waals surface area contributed by atoms with Gasteiger partial charge in [-0.3, -0.25) is 0 Å². The molecule has 0 rings (SSSR count). The summed E-state index contributed by atoms with van der Waals surface area (Å²) in [6.45, 7) is 16.4. The monoisotopic (exact) mass is 184 g/mol. The first-order chi connectivity index (χ1) is 5.74. The lowest BCUT2D eigenvalue weighted by Gasteiger charge is -2.28. The fourth-order valence-corrected chi connectivity index (χ4v) is 2.04. The molecule has 0 nitrogen and oxygen atoms in total. The molecule has 80 valence electrons. The van der Waals surface area contributed by atoms with Crippen LogP contribution in [0, 0.1) is 23.2 Å². The van der Waals surface area contributed by atoms with Gasteiger partial charge in [-0.2, -0.15) is 0 Å². The average molecular weight is 184 g/mol. The van der Waals surface area contributed by atoms with Crippen molar-refractivity contribution in [1.82, 2.24) is 0 Å². The van der Waals surface area contributed by atoms with Crippen LogP contribution in [0.15, 0.2) is 0 Å². The first-order valence-electron chi connectivity index (χ1n) is 5.74. The summed E-state index contributed by atoms with van der Waals surface area (Å²) < 4.78 is 0. The minimum absolute atomic E-state index is 0.502. The summed E-state index contributed by atoms with van der Waals surface area (Å²) in [6, 6.07) is 0. The molecule has 0 aromatic heterocycles. The maximum Gasteiger partial charge on any atom is -0.0368 e. The van der Waals surface area contributed by atoms with E-state index in [1.807, 2.05) is 0 Å². The fraction of sp³-hybridized carbons (Fsp3) is 1.00.